The number of carbonyl (C=O) groups excluding carboxylic acids is 7. The van der Waals surface area contributed by atoms with Crippen LogP contribution in [0.2, 0.25) is 0 Å². The molecule has 0 fully saturated rings. The number of methoxy groups -OCH3 is 1. The van der Waals surface area contributed by atoms with Gasteiger partial charge in [-0.05, 0) is 62.1 Å². The Labute approximate surface area is 468 Å². The summed E-state index contributed by atoms with van der Waals surface area (Å²) in [5, 5.41) is 32.4. The number of ether oxygens (including phenoxy) is 10. The number of nitrogens with zero attached hydrogens (tertiary/aromatic N) is 1. The Hall–Kier alpha value is -5.72. The average Bonchev–Trinajstić information content (AvgIpc) is 3.74. The summed E-state index contributed by atoms with van der Waals surface area (Å²) >= 11 is 0. The fourth-order valence-electron chi connectivity index (χ4n) is 7.19. The Balaban J connectivity index is 1.64. The van der Waals surface area contributed by atoms with Crippen LogP contribution in [-0.2, 0) is 92.1 Å². The quantitative estimate of drug-likeness (QED) is 0.0234. The number of phenolic OH excluding ortho intramolecular Hbond substituents is 1. The number of aromatic hydroxyl groups is 1. The zero-order valence-corrected chi connectivity index (χ0v) is 46.7. The average molecular weight is 1140 g/mol. The van der Waals surface area contributed by atoms with E-state index in [1.165, 1.54) is 12.1 Å². The summed E-state index contributed by atoms with van der Waals surface area (Å²) < 4.78 is 53.9. The lowest BCUT2D eigenvalue weighted by Crippen LogP contribution is -2.56. The Morgan fingerprint density at radius 1 is 0.600 bits per heavy atom. The van der Waals surface area contributed by atoms with Gasteiger partial charge in [-0.2, -0.15) is 0 Å². The van der Waals surface area contributed by atoms with Crippen LogP contribution in [0.15, 0.2) is 30.4 Å². The van der Waals surface area contributed by atoms with E-state index in [0.29, 0.717) is 124 Å². The first-order valence-electron chi connectivity index (χ1n) is 27.1. The Morgan fingerprint density at radius 3 is 1.61 bits per heavy atom. The molecule has 0 saturated carbocycles. The summed E-state index contributed by atoms with van der Waals surface area (Å²) in [6.07, 6.45) is 3.58. The summed E-state index contributed by atoms with van der Waals surface area (Å²) in [7, 11) is 1.63. The van der Waals surface area contributed by atoms with E-state index in [1.54, 1.807) is 27.0 Å². The SMILES string of the molecule is COCCOCCOCCOCCOCCOCCOCCOCCOCCOCC(=O)NCCCC[C@H](NC(=O)CCCN1C(=O)C=CC1=O)C(=O)N[C@H](C(=O)NCC(=O)Nc1cc(C[C@H](N)CCC(=O)O)ccc1O)C(C)C. The van der Waals surface area contributed by atoms with Gasteiger partial charge in [0.25, 0.3) is 11.8 Å². The number of nitrogens with one attached hydrogen (secondary N) is 5. The number of anilines is 1. The first-order valence-corrected chi connectivity index (χ1v) is 27.1. The molecule has 0 bridgehead atoms. The van der Waals surface area contributed by atoms with Gasteiger partial charge in [-0.25, -0.2) is 0 Å². The first-order chi connectivity index (χ1) is 38.6. The van der Waals surface area contributed by atoms with E-state index in [4.69, 9.17) is 58.2 Å². The smallest absolute Gasteiger partial charge is 0.303 e. The number of carbonyl (C=O) groups is 8. The second kappa shape index (κ2) is 45.0. The minimum atomic E-state index is -1.14. The van der Waals surface area contributed by atoms with Gasteiger partial charge in [0.05, 0.1) is 131 Å². The molecule has 3 atom stereocenters. The molecule has 0 saturated heterocycles. The molecule has 0 aliphatic carbocycles. The molecule has 0 aromatic heterocycles. The number of amides is 7. The number of imide groups is 1. The summed E-state index contributed by atoms with van der Waals surface area (Å²) in [5.74, 6) is -5.65. The number of carboxylic acids is 1. The number of benzene rings is 1. The van der Waals surface area contributed by atoms with Crippen molar-refractivity contribution in [1.29, 1.82) is 0 Å². The largest absolute Gasteiger partial charge is 0.506 e. The van der Waals surface area contributed by atoms with Crippen molar-refractivity contribution in [3.8, 4) is 5.75 Å². The second-order valence-electron chi connectivity index (χ2n) is 18.4. The maximum atomic E-state index is 13.7. The van der Waals surface area contributed by atoms with Gasteiger partial charge in [0.2, 0.25) is 29.5 Å². The van der Waals surface area contributed by atoms with Crippen molar-refractivity contribution < 1.29 is 95.9 Å². The topological polar surface area (TPSA) is 359 Å². The third kappa shape index (κ3) is 35.1. The number of hydrogen-bond acceptors (Lipinski definition) is 20. The van der Waals surface area contributed by atoms with E-state index in [0.717, 1.165) is 17.1 Å². The van der Waals surface area contributed by atoms with E-state index in [1.807, 2.05) is 0 Å². The predicted molar refractivity (Wildman–Crippen MR) is 288 cm³/mol. The molecule has 0 unspecified atom stereocenters. The lowest BCUT2D eigenvalue weighted by molar-refractivity contribution is -0.138. The van der Waals surface area contributed by atoms with Crippen molar-refractivity contribution in [3.05, 3.63) is 35.9 Å². The fraction of sp³-hybridized carbons (Fsp3) is 0.698. The lowest BCUT2D eigenvalue weighted by Gasteiger charge is -2.25. The van der Waals surface area contributed by atoms with Gasteiger partial charge in [-0.15, -0.1) is 0 Å². The molecule has 27 nitrogen and oxygen atoms in total. The first kappa shape index (κ1) is 70.4. The van der Waals surface area contributed by atoms with Gasteiger partial charge in [0, 0.05) is 51.2 Å². The molecule has 1 aromatic rings. The predicted octanol–water partition coefficient (Wildman–Crippen LogP) is -0.405. The molecule has 0 spiro atoms. The number of carboxylic acid groups (broad SMARTS) is 1. The maximum absolute atomic E-state index is 13.7. The number of hydrogen-bond donors (Lipinski definition) is 8. The van der Waals surface area contributed by atoms with Crippen molar-refractivity contribution in [2.24, 2.45) is 11.7 Å². The maximum Gasteiger partial charge on any atom is 0.303 e. The Kier molecular flexibility index (Phi) is 39.6. The van der Waals surface area contributed by atoms with Crippen LogP contribution >= 0.6 is 0 Å². The highest BCUT2D eigenvalue weighted by Crippen LogP contribution is 2.25. The van der Waals surface area contributed by atoms with Crippen molar-refractivity contribution in [1.82, 2.24) is 26.2 Å². The van der Waals surface area contributed by atoms with E-state index < -0.39 is 72.0 Å². The van der Waals surface area contributed by atoms with E-state index in [2.05, 4.69) is 26.6 Å². The number of phenols is 1. The van der Waals surface area contributed by atoms with Crippen molar-refractivity contribution >= 4 is 53.0 Å². The molecule has 9 N–H and O–H groups in total. The zero-order valence-electron chi connectivity index (χ0n) is 46.7. The summed E-state index contributed by atoms with van der Waals surface area (Å²) in [6, 6.07) is 1.70. The summed E-state index contributed by atoms with van der Waals surface area (Å²) in [4.78, 5) is 101. The molecular formula is C53H87N7O20. The molecule has 7 amide bonds. The molecule has 27 heteroatoms. The molecular weight excluding hydrogens is 1050 g/mol. The number of unbranched alkanes of at least 4 members (excludes halogenated alkanes) is 1. The standard InChI is InChI=1S/C53H87N7O20/c1-39(2)51(53(70)56-37-46(63)58-43-36-40(9-11-44(43)61)35-41(54)10-14-50(67)68)59-52(69)42(57-45(62)8-6-16-60-48(65)12-13-49(60)66)7-4-5-15-55-47(64)38-80-34-33-79-32-31-78-30-29-77-28-27-76-26-25-75-24-23-74-22-21-73-20-19-72-18-17-71-3/h9,11-13,36,39,41-42,51,61H,4-8,10,14-35,37-38,54H2,1-3H3,(H,55,64)(H,56,70)(H,57,62)(H,58,63)(H,59,69)(H,67,68)/t41-,42+,51+/m1/s1. The van der Waals surface area contributed by atoms with Gasteiger partial charge < -0.3 is 89.9 Å². The second-order valence-corrected chi connectivity index (χ2v) is 18.4. The molecule has 1 aliphatic heterocycles. The summed E-state index contributed by atoms with van der Waals surface area (Å²) in [5.41, 5.74) is 6.73. The van der Waals surface area contributed by atoms with Crippen LogP contribution in [0.5, 0.6) is 5.75 Å². The Bertz CT molecular complexity index is 1980. The van der Waals surface area contributed by atoms with Crippen LogP contribution in [0.25, 0.3) is 0 Å². The van der Waals surface area contributed by atoms with Gasteiger partial charge in [0.1, 0.15) is 24.4 Å². The van der Waals surface area contributed by atoms with Crippen LogP contribution in [-0.4, -0.2) is 233 Å². The number of rotatable bonds is 51. The van der Waals surface area contributed by atoms with E-state index in [-0.39, 0.29) is 88.8 Å². The van der Waals surface area contributed by atoms with E-state index in [9.17, 15) is 43.5 Å². The minimum Gasteiger partial charge on any atom is -0.506 e. The number of aliphatic carboxylic acids is 1. The van der Waals surface area contributed by atoms with Gasteiger partial charge in [-0.3, -0.25) is 43.3 Å². The molecule has 80 heavy (non-hydrogen) atoms. The van der Waals surface area contributed by atoms with Crippen LogP contribution in [0, 0.1) is 5.92 Å². The molecule has 1 aliphatic rings. The number of nitrogens with two attached hydrogens (primary N) is 1. The molecule has 0 radical (unpaired) electrons. The molecule has 1 heterocycles. The van der Waals surface area contributed by atoms with Crippen LogP contribution < -0.4 is 32.3 Å². The third-order valence-corrected chi connectivity index (χ3v) is 11.5. The minimum absolute atomic E-state index is 0.00432. The highest BCUT2D eigenvalue weighted by Gasteiger charge is 2.30. The lowest BCUT2D eigenvalue weighted by atomic mass is 10.0. The van der Waals surface area contributed by atoms with Crippen molar-refractivity contribution in [2.45, 2.75) is 83.3 Å². The van der Waals surface area contributed by atoms with Gasteiger partial charge in [-0.1, -0.05) is 19.9 Å². The van der Waals surface area contributed by atoms with E-state index >= 15 is 0 Å². The molecule has 1 aromatic carbocycles. The highest BCUT2D eigenvalue weighted by atomic mass is 16.6. The normalized spacial score (nSPS) is 13.3. The monoisotopic (exact) mass is 1140 g/mol. The fourth-order valence-corrected chi connectivity index (χ4v) is 7.19. The van der Waals surface area contributed by atoms with Crippen LogP contribution in [0.4, 0.5) is 5.69 Å². The van der Waals surface area contributed by atoms with Gasteiger partial charge in [0.15, 0.2) is 0 Å². The van der Waals surface area contributed by atoms with Crippen LogP contribution in [0.3, 0.4) is 0 Å². The Morgan fingerprint density at radius 2 is 1.11 bits per heavy atom. The van der Waals surface area contributed by atoms with Crippen LogP contribution in [0.1, 0.15) is 64.4 Å². The highest BCUT2D eigenvalue weighted by molar-refractivity contribution is 6.12. The third-order valence-electron chi connectivity index (χ3n) is 11.5. The van der Waals surface area contributed by atoms with Crippen molar-refractivity contribution in [3.63, 3.8) is 0 Å². The summed E-state index contributed by atoms with van der Waals surface area (Å²) in [6.45, 7) is 10.5. The van der Waals surface area contributed by atoms with Crippen molar-refractivity contribution in [2.75, 3.05) is 158 Å². The molecule has 2 rings (SSSR count). The molecule has 454 valence electrons. The zero-order chi connectivity index (χ0) is 58.6. The van der Waals surface area contributed by atoms with Gasteiger partial charge >= 0.3 is 5.97 Å².